The Morgan fingerprint density at radius 1 is 1.33 bits per heavy atom. The lowest BCUT2D eigenvalue weighted by molar-refractivity contribution is 0.562. The molecule has 0 aliphatic carbocycles. The highest BCUT2D eigenvalue weighted by atomic mass is 19.1. The van der Waals surface area contributed by atoms with E-state index in [2.05, 4.69) is 17.2 Å². The van der Waals surface area contributed by atoms with Crippen molar-refractivity contribution in [3.63, 3.8) is 0 Å². The van der Waals surface area contributed by atoms with Crippen LogP contribution >= 0.6 is 0 Å². The molecular formula is C14H18FN3. The monoisotopic (exact) mass is 247 g/mol. The second-order valence-electron chi connectivity index (χ2n) is 4.43. The standard InChI is InChI=1S/C14H18FN3/c1-11(12-3-5-13(15)6-4-12)16-8-7-14-17-9-10-18(14)2/h3-6,9-11,16H,7-8H2,1-2H3/t11-/m1/s1. The van der Waals surface area contributed by atoms with Crippen LogP contribution in [-0.4, -0.2) is 16.1 Å². The molecule has 1 aromatic heterocycles. The maximum Gasteiger partial charge on any atom is 0.123 e. The van der Waals surface area contributed by atoms with Gasteiger partial charge in [0, 0.05) is 38.4 Å². The molecule has 0 unspecified atom stereocenters. The zero-order valence-electron chi connectivity index (χ0n) is 10.7. The fourth-order valence-corrected chi connectivity index (χ4v) is 1.91. The van der Waals surface area contributed by atoms with Crippen molar-refractivity contribution in [2.24, 2.45) is 7.05 Å². The lowest BCUT2D eigenvalue weighted by atomic mass is 10.1. The van der Waals surface area contributed by atoms with Gasteiger partial charge >= 0.3 is 0 Å². The first-order valence-electron chi connectivity index (χ1n) is 6.12. The lowest BCUT2D eigenvalue weighted by Gasteiger charge is -2.14. The predicted molar refractivity (Wildman–Crippen MR) is 69.7 cm³/mol. The van der Waals surface area contributed by atoms with E-state index in [9.17, 15) is 4.39 Å². The summed E-state index contributed by atoms with van der Waals surface area (Å²) in [4.78, 5) is 4.27. The Balaban J connectivity index is 1.83. The number of hydrogen-bond donors (Lipinski definition) is 1. The third-order valence-corrected chi connectivity index (χ3v) is 3.09. The van der Waals surface area contributed by atoms with E-state index in [0.29, 0.717) is 0 Å². The van der Waals surface area contributed by atoms with Crippen molar-refractivity contribution >= 4 is 0 Å². The van der Waals surface area contributed by atoms with E-state index in [0.717, 1.165) is 24.4 Å². The summed E-state index contributed by atoms with van der Waals surface area (Å²) in [5.74, 6) is 0.868. The Hall–Kier alpha value is -1.68. The first kappa shape index (κ1) is 12.8. The van der Waals surface area contributed by atoms with Gasteiger partial charge in [0.15, 0.2) is 0 Å². The molecular weight excluding hydrogens is 229 g/mol. The number of nitrogens with zero attached hydrogens (tertiary/aromatic N) is 2. The number of aryl methyl sites for hydroxylation is 1. The third-order valence-electron chi connectivity index (χ3n) is 3.09. The van der Waals surface area contributed by atoms with E-state index in [1.807, 2.05) is 29.9 Å². The maximum absolute atomic E-state index is 12.8. The summed E-state index contributed by atoms with van der Waals surface area (Å²) in [6, 6.07) is 6.82. The van der Waals surface area contributed by atoms with Crippen molar-refractivity contribution in [2.45, 2.75) is 19.4 Å². The van der Waals surface area contributed by atoms with Gasteiger partial charge in [-0.25, -0.2) is 9.37 Å². The number of halogens is 1. The molecule has 1 heterocycles. The van der Waals surface area contributed by atoms with Crippen LogP contribution in [0.3, 0.4) is 0 Å². The largest absolute Gasteiger partial charge is 0.338 e. The van der Waals surface area contributed by atoms with Crippen molar-refractivity contribution in [1.82, 2.24) is 14.9 Å². The molecule has 18 heavy (non-hydrogen) atoms. The van der Waals surface area contributed by atoms with Crippen LogP contribution in [0, 0.1) is 5.82 Å². The fourth-order valence-electron chi connectivity index (χ4n) is 1.91. The Bertz CT molecular complexity index is 490. The second-order valence-corrected chi connectivity index (χ2v) is 4.43. The Labute approximate surface area is 107 Å². The number of hydrogen-bond acceptors (Lipinski definition) is 2. The Morgan fingerprint density at radius 3 is 2.67 bits per heavy atom. The summed E-state index contributed by atoms with van der Waals surface area (Å²) in [6.07, 6.45) is 4.63. The SMILES string of the molecule is C[C@@H](NCCc1nccn1C)c1ccc(F)cc1. The summed E-state index contributed by atoms with van der Waals surface area (Å²) in [7, 11) is 1.99. The first-order chi connectivity index (χ1) is 8.66. The number of rotatable bonds is 5. The minimum absolute atomic E-state index is 0.195. The number of aromatic nitrogens is 2. The number of imidazole rings is 1. The highest BCUT2D eigenvalue weighted by Crippen LogP contribution is 2.12. The van der Waals surface area contributed by atoms with Crippen LogP contribution in [0.25, 0.3) is 0 Å². The normalized spacial score (nSPS) is 12.6. The molecule has 0 spiro atoms. The molecule has 3 nitrogen and oxygen atoms in total. The lowest BCUT2D eigenvalue weighted by Crippen LogP contribution is -2.22. The van der Waals surface area contributed by atoms with E-state index in [-0.39, 0.29) is 11.9 Å². The van der Waals surface area contributed by atoms with Gasteiger partial charge in [0.05, 0.1) is 0 Å². The van der Waals surface area contributed by atoms with E-state index in [1.54, 1.807) is 6.20 Å². The van der Waals surface area contributed by atoms with E-state index < -0.39 is 0 Å². The molecule has 1 N–H and O–H groups in total. The summed E-state index contributed by atoms with van der Waals surface area (Å²) in [5.41, 5.74) is 1.09. The molecule has 1 atom stereocenters. The molecule has 0 fully saturated rings. The van der Waals surface area contributed by atoms with Gasteiger partial charge in [-0.2, -0.15) is 0 Å². The topological polar surface area (TPSA) is 29.9 Å². The van der Waals surface area contributed by atoms with E-state index >= 15 is 0 Å². The third kappa shape index (κ3) is 3.17. The van der Waals surface area contributed by atoms with Crippen LogP contribution in [0.4, 0.5) is 4.39 Å². The minimum atomic E-state index is -0.195. The highest BCUT2D eigenvalue weighted by molar-refractivity contribution is 5.19. The summed E-state index contributed by atoms with van der Waals surface area (Å²) in [5, 5.41) is 3.41. The molecule has 96 valence electrons. The van der Waals surface area contributed by atoms with E-state index in [4.69, 9.17) is 0 Å². The molecule has 0 saturated carbocycles. The van der Waals surface area contributed by atoms with Crippen molar-refractivity contribution in [2.75, 3.05) is 6.54 Å². The summed E-state index contributed by atoms with van der Waals surface area (Å²) in [6.45, 7) is 2.93. The molecule has 0 saturated heterocycles. The molecule has 0 aliphatic rings. The maximum atomic E-state index is 12.8. The molecule has 0 amide bonds. The fraction of sp³-hybridized carbons (Fsp3) is 0.357. The molecule has 0 aliphatic heterocycles. The van der Waals surface area contributed by atoms with Crippen molar-refractivity contribution < 1.29 is 4.39 Å². The van der Waals surface area contributed by atoms with E-state index in [1.165, 1.54) is 12.1 Å². The van der Waals surface area contributed by atoms with Crippen LogP contribution in [0.2, 0.25) is 0 Å². The molecule has 0 radical (unpaired) electrons. The minimum Gasteiger partial charge on any atom is -0.338 e. The molecule has 2 aromatic rings. The van der Waals surface area contributed by atoms with Crippen LogP contribution in [-0.2, 0) is 13.5 Å². The van der Waals surface area contributed by atoms with Crippen LogP contribution < -0.4 is 5.32 Å². The van der Waals surface area contributed by atoms with Crippen LogP contribution in [0.5, 0.6) is 0 Å². The van der Waals surface area contributed by atoms with Gasteiger partial charge < -0.3 is 9.88 Å². The van der Waals surface area contributed by atoms with Crippen molar-refractivity contribution in [1.29, 1.82) is 0 Å². The van der Waals surface area contributed by atoms with Gasteiger partial charge in [0.2, 0.25) is 0 Å². The van der Waals surface area contributed by atoms with Crippen molar-refractivity contribution in [3.05, 3.63) is 53.9 Å². The second kappa shape index (κ2) is 5.78. The smallest absolute Gasteiger partial charge is 0.123 e. The number of nitrogens with one attached hydrogen (secondary N) is 1. The first-order valence-corrected chi connectivity index (χ1v) is 6.12. The number of benzene rings is 1. The Morgan fingerprint density at radius 2 is 2.06 bits per heavy atom. The van der Waals surface area contributed by atoms with Gasteiger partial charge in [0.1, 0.15) is 11.6 Å². The van der Waals surface area contributed by atoms with Crippen LogP contribution in [0.15, 0.2) is 36.7 Å². The summed E-state index contributed by atoms with van der Waals surface area (Å²) < 4.78 is 14.8. The average Bonchev–Trinajstić information content (AvgIpc) is 2.76. The van der Waals surface area contributed by atoms with Gasteiger partial charge in [-0.1, -0.05) is 12.1 Å². The molecule has 4 heteroatoms. The highest BCUT2D eigenvalue weighted by Gasteiger charge is 2.05. The zero-order valence-corrected chi connectivity index (χ0v) is 10.7. The van der Waals surface area contributed by atoms with Gasteiger partial charge in [-0.05, 0) is 24.6 Å². The van der Waals surface area contributed by atoms with Crippen molar-refractivity contribution in [3.8, 4) is 0 Å². The van der Waals surface area contributed by atoms with Crippen LogP contribution in [0.1, 0.15) is 24.4 Å². The van der Waals surface area contributed by atoms with Gasteiger partial charge in [-0.3, -0.25) is 0 Å². The molecule has 2 rings (SSSR count). The molecule has 0 bridgehead atoms. The zero-order chi connectivity index (χ0) is 13.0. The van der Waals surface area contributed by atoms with Gasteiger partial charge in [-0.15, -0.1) is 0 Å². The quantitative estimate of drug-likeness (QED) is 0.879. The average molecular weight is 247 g/mol. The molecule has 1 aromatic carbocycles. The summed E-state index contributed by atoms with van der Waals surface area (Å²) >= 11 is 0. The predicted octanol–water partition coefficient (Wildman–Crippen LogP) is 2.45. The van der Waals surface area contributed by atoms with Gasteiger partial charge in [0.25, 0.3) is 0 Å². The Kier molecular flexibility index (Phi) is 4.10.